The average molecular weight is 621 g/mol. The van der Waals surface area contributed by atoms with Gasteiger partial charge in [0.05, 0.1) is 34.1 Å². The van der Waals surface area contributed by atoms with Gasteiger partial charge in [0, 0.05) is 12.1 Å². The lowest BCUT2D eigenvalue weighted by atomic mass is 9.88. The van der Waals surface area contributed by atoms with Crippen LogP contribution >= 0.6 is 22.6 Å². The van der Waals surface area contributed by atoms with Crippen molar-refractivity contribution in [2.24, 2.45) is 0 Å². The lowest BCUT2D eigenvalue weighted by Gasteiger charge is -2.36. The van der Waals surface area contributed by atoms with E-state index in [1.807, 2.05) is 91.2 Å². The molecule has 0 fully saturated rings. The number of aromatic nitrogens is 2. The lowest BCUT2D eigenvalue weighted by molar-refractivity contribution is -0.151. The summed E-state index contributed by atoms with van der Waals surface area (Å²) in [6, 6.07) is 21.7. The van der Waals surface area contributed by atoms with Crippen LogP contribution in [0, 0.1) is 10.5 Å². The van der Waals surface area contributed by atoms with Crippen molar-refractivity contribution in [3.63, 3.8) is 0 Å². The fraction of sp³-hybridized carbons (Fsp3) is 0.233. The number of carboxylic acids is 1. The number of nitrogens with zero attached hydrogens (tertiary/aromatic N) is 3. The van der Waals surface area contributed by atoms with Gasteiger partial charge in [0.25, 0.3) is 0 Å². The van der Waals surface area contributed by atoms with E-state index in [1.54, 1.807) is 6.33 Å². The third-order valence-electron chi connectivity index (χ3n) is 7.32. The molecule has 4 aromatic rings. The van der Waals surface area contributed by atoms with Crippen molar-refractivity contribution < 1.29 is 19.8 Å². The van der Waals surface area contributed by atoms with Crippen LogP contribution in [0.15, 0.2) is 79.1 Å². The monoisotopic (exact) mass is 621 g/mol. The highest BCUT2D eigenvalue weighted by Gasteiger charge is 2.40. The number of halogens is 1. The molecule has 1 aliphatic heterocycles. The summed E-state index contributed by atoms with van der Waals surface area (Å²) in [4.78, 5) is 32.7. The summed E-state index contributed by atoms with van der Waals surface area (Å²) in [6.45, 7) is 4.00. The van der Waals surface area contributed by atoms with Crippen LogP contribution in [0.3, 0.4) is 0 Å². The van der Waals surface area contributed by atoms with Gasteiger partial charge in [-0.3, -0.25) is 4.79 Å². The number of carboxylic acid groups (broad SMARTS) is 1. The van der Waals surface area contributed by atoms with Gasteiger partial charge in [-0.15, -0.1) is 0 Å². The van der Waals surface area contributed by atoms with Crippen LogP contribution in [0.1, 0.15) is 52.5 Å². The molecular weight excluding hydrogens is 593 g/mol. The first-order valence-corrected chi connectivity index (χ1v) is 13.5. The van der Waals surface area contributed by atoms with Gasteiger partial charge in [-0.2, -0.15) is 0 Å². The Balaban J connectivity index is 1.51. The molecule has 1 aromatic heterocycles. The number of carbonyl (C=O) groups excluding carboxylic acids is 1. The minimum Gasteiger partial charge on any atom is -0.507 e. The zero-order valence-corrected chi connectivity index (χ0v) is 23.2. The maximum absolute atomic E-state index is 14.1. The number of carbonyl (C=O) groups is 2. The number of benzene rings is 3. The second kappa shape index (κ2) is 10.6. The van der Waals surface area contributed by atoms with E-state index in [1.165, 1.54) is 4.90 Å². The Bertz CT molecular complexity index is 1420. The molecule has 1 aliphatic rings. The van der Waals surface area contributed by atoms with Crippen molar-refractivity contribution in [1.82, 2.24) is 14.5 Å². The molecular formula is C30H28IN3O4. The van der Waals surface area contributed by atoms with Crippen LogP contribution in [0.25, 0.3) is 0 Å². The first-order chi connectivity index (χ1) is 18.3. The van der Waals surface area contributed by atoms with E-state index < -0.39 is 17.9 Å². The lowest BCUT2D eigenvalue weighted by Crippen LogP contribution is -2.50. The highest BCUT2D eigenvalue weighted by atomic mass is 127. The molecule has 2 heterocycles. The van der Waals surface area contributed by atoms with Crippen molar-refractivity contribution in [3.8, 4) is 5.75 Å². The molecule has 0 saturated carbocycles. The zero-order valence-electron chi connectivity index (χ0n) is 21.1. The third kappa shape index (κ3) is 4.80. The third-order valence-corrected chi connectivity index (χ3v) is 8.14. The van der Waals surface area contributed by atoms with Crippen LogP contribution < -0.4 is 0 Å². The normalized spacial score (nSPS) is 15.8. The van der Waals surface area contributed by atoms with E-state index in [0.29, 0.717) is 5.69 Å². The molecule has 2 unspecified atom stereocenters. The standard InChI is InChI=1S/C30H28IN3O4/c1-18-13-22(14-23(31)28(18)35)19(2)34-17-32-24-16-33(26(30(37)38)15-25(24)34)29(36)27(20-9-5-3-6-10-20)21-11-7-4-8-12-21/h3-14,17,19,26-27,35H,15-16H2,1-2H3,(H,37,38). The number of aliphatic carboxylic acids is 1. The van der Waals surface area contributed by atoms with E-state index >= 15 is 0 Å². The molecule has 38 heavy (non-hydrogen) atoms. The zero-order chi connectivity index (χ0) is 27.0. The molecule has 0 bridgehead atoms. The Morgan fingerprint density at radius 3 is 2.16 bits per heavy atom. The summed E-state index contributed by atoms with van der Waals surface area (Å²) < 4.78 is 2.74. The average Bonchev–Trinajstić information content (AvgIpc) is 3.34. The Kier molecular flexibility index (Phi) is 7.25. The summed E-state index contributed by atoms with van der Waals surface area (Å²) in [5.74, 6) is -1.66. The van der Waals surface area contributed by atoms with Gasteiger partial charge in [-0.05, 0) is 64.8 Å². The summed E-state index contributed by atoms with van der Waals surface area (Å²) in [5, 5.41) is 20.4. The second-order valence-corrected chi connectivity index (χ2v) is 10.8. The summed E-state index contributed by atoms with van der Waals surface area (Å²) >= 11 is 2.11. The molecule has 2 atom stereocenters. The summed E-state index contributed by atoms with van der Waals surface area (Å²) in [6.07, 6.45) is 1.88. The molecule has 0 saturated heterocycles. The Morgan fingerprint density at radius 1 is 1.00 bits per heavy atom. The van der Waals surface area contributed by atoms with E-state index in [-0.39, 0.29) is 30.7 Å². The number of amides is 1. The van der Waals surface area contributed by atoms with Gasteiger partial charge < -0.3 is 19.7 Å². The van der Waals surface area contributed by atoms with Crippen LogP contribution in [-0.4, -0.2) is 42.6 Å². The van der Waals surface area contributed by atoms with Crippen molar-refractivity contribution >= 4 is 34.5 Å². The maximum atomic E-state index is 14.1. The SMILES string of the molecule is Cc1cc(C(C)n2cnc3c2CC(C(=O)O)N(C(=O)C(c2ccccc2)c2ccccc2)C3)cc(I)c1O. The van der Waals surface area contributed by atoms with Gasteiger partial charge >= 0.3 is 5.97 Å². The smallest absolute Gasteiger partial charge is 0.326 e. The van der Waals surface area contributed by atoms with E-state index in [0.717, 1.165) is 31.5 Å². The Hall–Kier alpha value is -3.66. The van der Waals surface area contributed by atoms with Crippen molar-refractivity contribution in [2.75, 3.05) is 0 Å². The summed E-state index contributed by atoms with van der Waals surface area (Å²) in [7, 11) is 0. The molecule has 0 aliphatic carbocycles. The first kappa shape index (κ1) is 26.0. The minimum absolute atomic E-state index is 0.118. The number of imidazole rings is 1. The Labute approximate surface area is 234 Å². The van der Waals surface area contributed by atoms with E-state index in [2.05, 4.69) is 27.6 Å². The number of fused-ring (bicyclic) bond motifs is 1. The Morgan fingerprint density at radius 2 is 1.61 bits per heavy atom. The minimum atomic E-state index is -1.04. The maximum Gasteiger partial charge on any atom is 0.326 e. The molecule has 0 spiro atoms. The molecule has 5 rings (SSSR count). The van der Waals surface area contributed by atoms with Gasteiger partial charge in [0.1, 0.15) is 11.8 Å². The van der Waals surface area contributed by atoms with Gasteiger partial charge in [0.2, 0.25) is 5.91 Å². The number of hydrogen-bond acceptors (Lipinski definition) is 4. The number of hydrogen-bond donors (Lipinski definition) is 2. The van der Waals surface area contributed by atoms with Gasteiger partial charge in [-0.1, -0.05) is 66.7 Å². The van der Waals surface area contributed by atoms with E-state index in [9.17, 15) is 19.8 Å². The number of phenols is 1. The fourth-order valence-electron chi connectivity index (χ4n) is 5.23. The molecule has 8 heteroatoms. The van der Waals surface area contributed by atoms with Crippen LogP contribution in [0.4, 0.5) is 0 Å². The highest BCUT2D eigenvalue weighted by molar-refractivity contribution is 14.1. The molecule has 3 aromatic carbocycles. The predicted molar refractivity (Wildman–Crippen MR) is 152 cm³/mol. The molecule has 2 N–H and O–H groups in total. The van der Waals surface area contributed by atoms with Gasteiger partial charge in [-0.25, -0.2) is 9.78 Å². The second-order valence-electron chi connectivity index (χ2n) is 9.67. The highest BCUT2D eigenvalue weighted by Crippen LogP contribution is 2.34. The van der Waals surface area contributed by atoms with Crippen molar-refractivity contribution in [2.45, 2.75) is 44.8 Å². The quantitative estimate of drug-likeness (QED) is 0.286. The number of rotatable bonds is 6. The van der Waals surface area contributed by atoms with E-state index in [4.69, 9.17) is 0 Å². The number of phenolic OH excluding ortho intramolecular Hbond substituents is 1. The molecule has 1 amide bonds. The van der Waals surface area contributed by atoms with Crippen molar-refractivity contribution in [3.05, 3.63) is 116 Å². The first-order valence-electron chi connectivity index (χ1n) is 12.4. The molecule has 0 radical (unpaired) electrons. The van der Waals surface area contributed by atoms with Crippen LogP contribution in [0.5, 0.6) is 5.75 Å². The topological polar surface area (TPSA) is 95.7 Å². The van der Waals surface area contributed by atoms with Crippen LogP contribution in [-0.2, 0) is 22.6 Å². The number of aryl methyl sites for hydroxylation is 1. The van der Waals surface area contributed by atoms with Gasteiger partial charge in [0.15, 0.2) is 0 Å². The number of aromatic hydroxyl groups is 1. The largest absolute Gasteiger partial charge is 0.507 e. The predicted octanol–water partition coefficient (Wildman–Crippen LogP) is 5.28. The van der Waals surface area contributed by atoms with Crippen LogP contribution in [0.2, 0.25) is 0 Å². The fourth-order valence-corrected chi connectivity index (χ4v) is 6.02. The molecule has 194 valence electrons. The van der Waals surface area contributed by atoms with Crippen molar-refractivity contribution in [1.29, 1.82) is 0 Å². The molecule has 7 nitrogen and oxygen atoms in total. The summed E-state index contributed by atoms with van der Waals surface area (Å²) in [5.41, 5.74) is 4.91.